The minimum absolute atomic E-state index is 0.0653. The van der Waals surface area contributed by atoms with Crippen molar-refractivity contribution in [1.82, 2.24) is 0 Å². The van der Waals surface area contributed by atoms with Gasteiger partial charge in [0.1, 0.15) is 18.1 Å². The molecular formula is C23H15Cl3N2O2. The molecule has 0 radical (unpaired) electrons. The fourth-order valence-corrected chi connectivity index (χ4v) is 3.51. The number of hydrogen-bond acceptors (Lipinski definition) is 3. The van der Waals surface area contributed by atoms with Crippen LogP contribution in [0.1, 0.15) is 5.56 Å². The molecule has 0 saturated carbocycles. The molecule has 1 amide bonds. The van der Waals surface area contributed by atoms with Gasteiger partial charge < -0.3 is 4.74 Å². The van der Waals surface area contributed by atoms with E-state index in [1.807, 2.05) is 42.5 Å². The average molecular weight is 458 g/mol. The first-order chi connectivity index (χ1) is 14.5. The van der Waals surface area contributed by atoms with Gasteiger partial charge in [0.05, 0.1) is 16.3 Å². The van der Waals surface area contributed by atoms with Crippen LogP contribution in [-0.2, 0) is 4.79 Å². The van der Waals surface area contributed by atoms with Gasteiger partial charge in [0.15, 0.2) is 0 Å². The summed E-state index contributed by atoms with van der Waals surface area (Å²) in [5.74, 6) is 0.220. The highest BCUT2D eigenvalue weighted by Gasteiger charge is 2.31. The molecule has 0 saturated heterocycles. The van der Waals surface area contributed by atoms with Gasteiger partial charge in [-0.25, -0.2) is 0 Å². The number of nitrogens with zero attached hydrogens (tertiary/aromatic N) is 2. The van der Waals surface area contributed by atoms with Crippen molar-refractivity contribution in [1.29, 1.82) is 0 Å². The smallest absolute Gasteiger partial charge is 0.280 e. The van der Waals surface area contributed by atoms with Crippen LogP contribution in [0, 0.1) is 0 Å². The number of carbonyl (C=O) groups is 1. The maximum atomic E-state index is 13.1. The predicted molar refractivity (Wildman–Crippen MR) is 123 cm³/mol. The van der Waals surface area contributed by atoms with Crippen molar-refractivity contribution in [2.24, 2.45) is 5.10 Å². The molecule has 1 heterocycles. The van der Waals surface area contributed by atoms with Crippen LogP contribution in [0.4, 0.5) is 5.69 Å². The highest BCUT2D eigenvalue weighted by molar-refractivity contribution is 6.36. The van der Waals surface area contributed by atoms with Crippen molar-refractivity contribution in [3.8, 4) is 5.75 Å². The quantitative estimate of drug-likeness (QED) is 0.410. The number of carbonyl (C=O) groups excluding carboxylic acids is 1. The Hall–Kier alpha value is -2.79. The standard InChI is InChI=1S/C23H15Cl3N2O2/c24-16-8-6-15(7-9-16)12-19-21(14-30-22-11-10-17(25)13-20(22)26)27-28(23(19)29)18-4-2-1-3-5-18/h1-13H,14H2. The lowest BCUT2D eigenvalue weighted by molar-refractivity contribution is -0.114. The van der Waals surface area contributed by atoms with Gasteiger partial charge in [-0.3, -0.25) is 4.79 Å². The minimum atomic E-state index is -0.239. The number of hydrazone groups is 1. The number of amides is 1. The van der Waals surface area contributed by atoms with E-state index in [1.54, 1.807) is 36.4 Å². The Labute approximate surface area is 188 Å². The number of para-hydroxylation sites is 1. The largest absolute Gasteiger partial charge is 0.486 e. The summed E-state index contributed by atoms with van der Waals surface area (Å²) in [5, 5.41) is 7.39. The van der Waals surface area contributed by atoms with Crippen LogP contribution in [0.3, 0.4) is 0 Å². The van der Waals surface area contributed by atoms with E-state index in [2.05, 4.69) is 5.10 Å². The van der Waals surface area contributed by atoms with Gasteiger partial charge >= 0.3 is 0 Å². The average Bonchev–Trinajstić information content (AvgIpc) is 3.05. The second-order valence-electron chi connectivity index (χ2n) is 6.47. The van der Waals surface area contributed by atoms with Crippen LogP contribution in [0.15, 0.2) is 83.5 Å². The zero-order valence-electron chi connectivity index (χ0n) is 15.6. The maximum absolute atomic E-state index is 13.1. The molecule has 4 rings (SSSR count). The Morgan fingerprint density at radius 1 is 0.900 bits per heavy atom. The fourth-order valence-electron chi connectivity index (χ4n) is 2.92. The third kappa shape index (κ3) is 4.51. The predicted octanol–water partition coefficient (Wildman–Crippen LogP) is 6.51. The van der Waals surface area contributed by atoms with Crippen LogP contribution in [-0.4, -0.2) is 18.2 Å². The summed E-state index contributed by atoms with van der Waals surface area (Å²) in [5.41, 5.74) is 2.43. The molecule has 0 spiro atoms. The number of ether oxygens (including phenoxy) is 1. The van der Waals surface area contributed by atoms with Crippen LogP contribution in [0.5, 0.6) is 5.75 Å². The molecule has 1 aliphatic rings. The van der Waals surface area contributed by atoms with Crippen LogP contribution in [0.2, 0.25) is 15.1 Å². The van der Waals surface area contributed by atoms with E-state index in [1.165, 1.54) is 5.01 Å². The topological polar surface area (TPSA) is 41.9 Å². The Bertz CT molecular complexity index is 1140. The van der Waals surface area contributed by atoms with Crippen LogP contribution >= 0.6 is 34.8 Å². The Morgan fingerprint density at radius 3 is 2.30 bits per heavy atom. The summed E-state index contributed by atoms with van der Waals surface area (Å²) in [6.07, 6.45) is 1.77. The third-order valence-electron chi connectivity index (χ3n) is 4.39. The lowest BCUT2D eigenvalue weighted by atomic mass is 10.1. The second kappa shape index (κ2) is 8.92. The minimum Gasteiger partial charge on any atom is -0.486 e. The van der Waals surface area contributed by atoms with E-state index in [0.717, 1.165) is 5.56 Å². The Balaban J connectivity index is 1.66. The molecule has 0 bridgehead atoms. The van der Waals surface area contributed by atoms with E-state index in [9.17, 15) is 4.79 Å². The molecular weight excluding hydrogens is 443 g/mol. The van der Waals surface area contributed by atoms with Crippen molar-refractivity contribution in [2.75, 3.05) is 11.6 Å². The molecule has 150 valence electrons. The molecule has 0 atom stereocenters. The molecule has 4 nitrogen and oxygen atoms in total. The van der Waals surface area contributed by atoms with Gasteiger partial charge in [0, 0.05) is 10.0 Å². The number of benzene rings is 3. The molecule has 0 aromatic heterocycles. The van der Waals surface area contributed by atoms with Gasteiger partial charge in [-0.15, -0.1) is 0 Å². The van der Waals surface area contributed by atoms with E-state index in [0.29, 0.717) is 37.8 Å². The molecule has 0 fully saturated rings. The van der Waals surface area contributed by atoms with Crippen molar-refractivity contribution < 1.29 is 9.53 Å². The van der Waals surface area contributed by atoms with Crippen molar-refractivity contribution in [3.63, 3.8) is 0 Å². The summed E-state index contributed by atoms with van der Waals surface area (Å²) in [6, 6.07) is 21.4. The second-order valence-corrected chi connectivity index (χ2v) is 7.75. The van der Waals surface area contributed by atoms with Crippen LogP contribution < -0.4 is 9.75 Å². The van der Waals surface area contributed by atoms with Crippen LogP contribution in [0.25, 0.3) is 6.08 Å². The summed E-state index contributed by atoms with van der Waals surface area (Å²) in [7, 11) is 0. The summed E-state index contributed by atoms with van der Waals surface area (Å²) < 4.78 is 5.83. The van der Waals surface area contributed by atoms with E-state index >= 15 is 0 Å². The first-order valence-corrected chi connectivity index (χ1v) is 10.2. The highest BCUT2D eigenvalue weighted by atomic mass is 35.5. The molecule has 7 heteroatoms. The van der Waals surface area contributed by atoms with E-state index < -0.39 is 0 Å². The first-order valence-electron chi connectivity index (χ1n) is 9.04. The molecule has 3 aromatic carbocycles. The highest BCUT2D eigenvalue weighted by Crippen LogP contribution is 2.29. The summed E-state index contributed by atoms with van der Waals surface area (Å²) in [4.78, 5) is 13.1. The molecule has 0 unspecified atom stereocenters. The zero-order chi connectivity index (χ0) is 21.1. The van der Waals surface area contributed by atoms with E-state index in [-0.39, 0.29) is 12.5 Å². The maximum Gasteiger partial charge on any atom is 0.280 e. The molecule has 30 heavy (non-hydrogen) atoms. The Kier molecular flexibility index (Phi) is 6.09. The first kappa shape index (κ1) is 20.5. The fraction of sp³-hybridized carbons (Fsp3) is 0.0435. The SMILES string of the molecule is O=C1C(=Cc2ccc(Cl)cc2)C(COc2ccc(Cl)cc2Cl)=NN1c1ccccc1. The monoisotopic (exact) mass is 456 g/mol. The van der Waals surface area contributed by atoms with Crippen molar-refractivity contribution in [3.05, 3.63) is 99.0 Å². The lowest BCUT2D eigenvalue weighted by Gasteiger charge is -2.10. The Morgan fingerprint density at radius 2 is 1.60 bits per heavy atom. The van der Waals surface area contributed by atoms with Gasteiger partial charge in [-0.2, -0.15) is 10.1 Å². The summed E-state index contributed by atoms with van der Waals surface area (Å²) >= 11 is 18.1. The number of rotatable bonds is 5. The molecule has 0 N–H and O–H groups in total. The summed E-state index contributed by atoms with van der Waals surface area (Å²) in [6.45, 7) is 0.0653. The van der Waals surface area contributed by atoms with Gasteiger partial charge in [-0.05, 0) is 54.1 Å². The number of hydrogen-bond donors (Lipinski definition) is 0. The van der Waals surface area contributed by atoms with Gasteiger partial charge in [0.25, 0.3) is 5.91 Å². The molecule has 0 aliphatic carbocycles. The van der Waals surface area contributed by atoms with Gasteiger partial charge in [0.2, 0.25) is 0 Å². The number of halogens is 3. The van der Waals surface area contributed by atoms with Gasteiger partial charge in [-0.1, -0.05) is 65.1 Å². The lowest BCUT2D eigenvalue weighted by Crippen LogP contribution is -2.21. The third-order valence-corrected chi connectivity index (χ3v) is 5.18. The number of anilines is 1. The van der Waals surface area contributed by atoms with Crippen molar-refractivity contribution in [2.45, 2.75) is 0 Å². The zero-order valence-corrected chi connectivity index (χ0v) is 17.8. The normalized spacial score (nSPS) is 14.9. The van der Waals surface area contributed by atoms with Crippen molar-refractivity contribution >= 4 is 58.2 Å². The van der Waals surface area contributed by atoms with E-state index in [4.69, 9.17) is 39.5 Å². The molecule has 3 aromatic rings. The molecule has 1 aliphatic heterocycles.